The molecule has 144 valence electrons. The third-order valence-corrected chi connectivity index (χ3v) is 3.99. The van der Waals surface area contributed by atoms with Crippen molar-refractivity contribution in [3.63, 3.8) is 0 Å². The fourth-order valence-corrected chi connectivity index (χ4v) is 2.63. The second-order valence-electron chi connectivity index (χ2n) is 5.90. The third-order valence-electron chi connectivity index (χ3n) is 3.99. The number of amides is 2. The molecule has 1 aromatic carbocycles. The summed E-state index contributed by atoms with van der Waals surface area (Å²) >= 11 is 0. The van der Waals surface area contributed by atoms with E-state index in [1.807, 2.05) is 0 Å². The van der Waals surface area contributed by atoms with E-state index in [2.05, 4.69) is 15.5 Å². The van der Waals surface area contributed by atoms with Crippen molar-refractivity contribution in [2.75, 3.05) is 25.5 Å². The number of methoxy groups -OCH3 is 1. The largest absolute Gasteiger partial charge is 0.480 e. The van der Waals surface area contributed by atoms with Crippen LogP contribution in [-0.4, -0.2) is 47.4 Å². The van der Waals surface area contributed by atoms with Crippen molar-refractivity contribution in [2.45, 2.75) is 18.7 Å². The molecule has 2 aromatic rings. The first-order valence-corrected chi connectivity index (χ1v) is 8.13. The molecule has 7 nitrogen and oxygen atoms in total. The van der Waals surface area contributed by atoms with Crippen molar-refractivity contribution in [2.24, 2.45) is 0 Å². The first-order valence-electron chi connectivity index (χ1n) is 8.13. The van der Waals surface area contributed by atoms with Crippen LogP contribution in [0.3, 0.4) is 0 Å². The van der Waals surface area contributed by atoms with Crippen molar-refractivity contribution in [3.8, 4) is 11.8 Å². The predicted octanol–water partition coefficient (Wildman–Crippen LogP) is 3.19. The maximum Gasteiger partial charge on any atom is 0.416 e. The molecule has 27 heavy (non-hydrogen) atoms. The van der Waals surface area contributed by atoms with E-state index in [1.165, 1.54) is 24.1 Å². The van der Waals surface area contributed by atoms with E-state index in [1.54, 1.807) is 12.1 Å². The van der Waals surface area contributed by atoms with Crippen LogP contribution >= 0.6 is 0 Å². The molecule has 1 unspecified atom stereocenters. The van der Waals surface area contributed by atoms with Crippen molar-refractivity contribution in [1.29, 1.82) is 0 Å². The lowest BCUT2D eigenvalue weighted by atomic mass is 10.2. The van der Waals surface area contributed by atoms with Crippen LogP contribution in [0.15, 0.2) is 36.4 Å². The highest BCUT2D eigenvalue weighted by atomic mass is 19.4. The molecule has 1 aliphatic heterocycles. The molecule has 2 heterocycles. The van der Waals surface area contributed by atoms with Gasteiger partial charge >= 0.3 is 12.2 Å². The monoisotopic (exact) mass is 382 g/mol. The summed E-state index contributed by atoms with van der Waals surface area (Å²) in [5, 5.41) is 10.1. The smallest absolute Gasteiger partial charge is 0.416 e. The van der Waals surface area contributed by atoms with Crippen LogP contribution in [0, 0.1) is 0 Å². The lowest BCUT2D eigenvalue weighted by Crippen LogP contribution is -2.34. The standard InChI is InChI=1S/C17H17F3N4O3/c1-26-14-5-6-15(23-22-14)27-13-7-8-24(10-13)16(25)21-12-4-2-3-11(9-12)17(18,19)20/h2-6,9,13H,7-8,10H2,1H3,(H,21,25). The van der Waals surface area contributed by atoms with Crippen molar-refractivity contribution in [3.05, 3.63) is 42.0 Å². The predicted molar refractivity (Wildman–Crippen MR) is 89.7 cm³/mol. The molecule has 0 aliphatic carbocycles. The van der Waals surface area contributed by atoms with Gasteiger partial charge in [-0.25, -0.2) is 4.79 Å². The molecule has 1 atom stereocenters. The Hall–Kier alpha value is -3.04. The second-order valence-corrected chi connectivity index (χ2v) is 5.90. The summed E-state index contributed by atoms with van der Waals surface area (Å²) in [4.78, 5) is 13.8. The minimum atomic E-state index is -4.47. The number of nitrogens with one attached hydrogen (secondary N) is 1. The molecule has 1 aliphatic rings. The molecule has 0 radical (unpaired) electrons. The lowest BCUT2D eigenvalue weighted by molar-refractivity contribution is -0.137. The minimum absolute atomic E-state index is 0.0835. The summed E-state index contributed by atoms with van der Waals surface area (Å²) in [6.45, 7) is 0.706. The Balaban J connectivity index is 1.56. The Bertz CT molecular complexity index is 799. The number of hydrogen-bond donors (Lipinski definition) is 1. The Kier molecular flexibility index (Phi) is 5.33. The highest BCUT2D eigenvalue weighted by molar-refractivity contribution is 5.89. The third kappa shape index (κ3) is 4.78. The lowest BCUT2D eigenvalue weighted by Gasteiger charge is -2.18. The molecule has 1 saturated heterocycles. The van der Waals surface area contributed by atoms with Gasteiger partial charge in [0.15, 0.2) is 0 Å². The zero-order valence-corrected chi connectivity index (χ0v) is 14.4. The van der Waals surface area contributed by atoms with Crippen LogP contribution in [0.1, 0.15) is 12.0 Å². The van der Waals surface area contributed by atoms with Gasteiger partial charge in [-0.05, 0) is 18.2 Å². The summed E-state index contributed by atoms with van der Waals surface area (Å²) < 4.78 is 48.8. The highest BCUT2D eigenvalue weighted by Gasteiger charge is 2.31. The molecular formula is C17H17F3N4O3. The highest BCUT2D eigenvalue weighted by Crippen LogP contribution is 2.30. The Labute approximate surface area is 153 Å². The van der Waals surface area contributed by atoms with Gasteiger partial charge in [0, 0.05) is 30.8 Å². The van der Waals surface area contributed by atoms with E-state index in [0.717, 1.165) is 12.1 Å². The molecule has 1 N–H and O–H groups in total. The van der Waals surface area contributed by atoms with E-state index < -0.39 is 17.8 Å². The van der Waals surface area contributed by atoms with Crippen LogP contribution < -0.4 is 14.8 Å². The number of rotatable bonds is 4. The zero-order valence-electron chi connectivity index (χ0n) is 14.4. The van der Waals surface area contributed by atoms with E-state index in [-0.39, 0.29) is 11.8 Å². The van der Waals surface area contributed by atoms with E-state index in [9.17, 15) is 18.0 Å². The van der Waals surface area contributed by atoms with Crippen LogP contribution in [0.5, 0.6) is 11.8 Å². The summed E-state index contributed by atoms with van der Waals surface area (Å²) in [7, 11) is 1.47. The number of likely N-dealkylation sites (tertiary alicyclic amines) is 1. The van der Waals surface area contributed by atoms with E-state index in [0.29, 0.717) is 31.3 Å². The number of alkyl halides is 3. The molecule has 0 bridgehead atoms. The maximum atomic E-state index is 12.8. The number of ether oxygens (including phenoxy) is 2. The number of aromatic nitrogens is 2. The Morgan fingerprint density at radius 3 is 2.63 bits per heavy atom. The van der Waals surface area contributed by atoms with Gasteiger partial charge in [-0.15, -0.1) is 10.2 Å². The quantitative estimate of drug-likeness (QED) is 0.879. The van der Waals surface area contributed by atoms with Crippen LogP contribution in [-0.2, 0) is 6.18 Å². The van der Waals surface area contributed by atoms with E-state index >= 15 is 0 Å². The van der Waals surface area contributed by atoms with Gasteiger partial charge < -0.3 is 19.7 Å². The SMILES string of the molecule is COc1ccc(OC2CCN(C(=O)Nc3cccc(C(F)(F)F)c3)C2)nn1. The number of urea groups is 1. The summed E-state index contributed by atoms with van der Waals surface area (Å²) in [6, 6.07) is 7.23. The number of nitrogens with zero attached hydrogens (tertiary/aromatic N) is 3. The zero-order chi connectivity index (χ0) is 19.4. The fourth-order valence-electron chi connectivity index (χ4n) is 2.63. The molecule has 0 spiro atoms. The van der Waals surface area contributed by atoms with Gasteiger partial charge in [-0.1, -0.05) is 6.07 Å². The summed E-state index contributed by atoms with van der Waals surface area (Å²) in [5.74, 6) is 0.664. The van der Waals surface area contributed by atoms with Gasteiger partial charge in [0.2, 0.25) is 11.8 Å². The van der Waals surface area contributed by atoms with Gasteiger partial charge in [-0.2, -0.15) is 13.2 Å². The van der Waals surface area contributed by atoms with Crippen molar-refractivity contribution < 1.29 is 27.4 Å². The molecule has 3 rings (SSSR count). The van der Waals surface area contributed by atoms with Gasteiger partial charge in [0.25, 0.3) is 0 Å². The first kappa shape index (κ1) is 18.7. The van der Waals surface area contributed by atoms with Crippen LogP contribution in [0.4, 0.5) is 23.7 Å². The van der Waals surface area contributed by atoms with Crippen molar-refractivity contribution >= 4 is 11.7 Å². The average molecular weight is 382 g/mol. The second kappa shape index (κ2) is 7.68. The van der Waals surface area contributed by atoms with Gasteiger partial charge in [-0.3, -0.25) is 0 Å². The Morgan fingerprint density at radius 2 is 1.96 bits per heavy atom. The molecule has 1 aromatic heterocycles. The first-order chi connectivity index (χ1) is 12.8. The maximum absolute atomic E-state index is 12.8. The van der Waals surface area contributed by atoms with E-state index in [4.69, 9.17) is 9.47 Å². The summed E-state index contributed by atoms with van der Waals surface area (Å²) in [5.41, 5.74) is -0.735. The Morgan fingerprint density at radius 1 is 1.22 bits per heavy atom. The van der Waals surface area contributed by atoms with Gasteiger partial charge in [0.05, 0.1) is 19.2 Å². The molecule has 10 heteroatoms. The normalized spacial score (nSPS) is 16.9. The number of benzene rings is 1. The number of carbonyl (C=O) groups excluding carboxylic acids is 1. The molecule has 0 saturated carbocycles. The fraction of sp³-hybridized carbons (Fsp3) is 0.353. The minimum Gasteiger partial charge on any atom is -0.480 e. The number of carbonyl (C=O) groups is 1. The van der Waals surface area contributed by atoms with Gasteiger partial charge in [0.1, 0.15) is 6.10 Å². The summed E-state index contributed by atoms with van der Waals surface area (Å²) in [6.07, 6.45) is -4.17. The molecular weight excluding hydrogens is 365 g/mol. The van der Waals surface area contributed by atoms with Crippen LogP contribution in [0.2, 0.25) is 0 Å². The van der Waals surface area contributed by atoms with Crippen molar-refractivity contribution in [1.82, 2.24) is 15.1 Å². The molecule has 2 amide bonds. The molecule has 1 fully saturated rings. The number of halogens is 3. The number of hydrogen-bond acceptors (Lipinski definition) is 5. The van der Waals surface area contributed by atoms with Crippen LogP contribution in [0.25, 0.3) is 0 Å². The number of anilines is 1. The topological polar surface area (TPSA) is 76.6 Å². The average Bonchev–Trinajstić information content (AvgIpc) is 3.10.